The quantitative estimate of drug-likeness (QED) is 0.385. The SMILES string of the molecule is O=C1CCNCC1.[Cl-].[H+]. The predicted octanol–water partition coefficient (Wildman–Crippen LogP) is -2.94. The van der Waals surface area contributed by atoms with Crippen molar-refractivity contribution in [3.63, 3.8) is 0 Å². The Kier molecular flexibility index (Phi) is 3.83. The molecule has 0 aliphatic carbocycles. The second-order valence-corrected chi connectivity index (χ2v) is 1.79. The molecule has 8 heavy (non-hydrogen) atoms. The van der Waals surface area contributed by atoms with E-state index in [2.05, 4.69) is 5.32 Å². The molecular weight excluding hydrogens is 126 g/mol. The molecule has 0 unspecified atom stereocenters. The Balaban J connectivity index is 0. The molecule has 48 valence electrons. The summed E-state index contributed by atoms with van der Waals surface area (Å²) in [4.78, 5) is 10.4. The lowest BCUT2D eigenvalue weighted by molar-refractivity contribution is -0.119. The van der Waals surface area contributed by atoms with E-state index in [-0.39, 0.29) is 13.8 Å². The summed E-state index contributed by atoms with van der Waals surface area (Å²) >= 11 is 0. The molecule has 1 heterocycles. The highest BCUT2D eigenvalue weighted by Gasteiger charge is 2.04. The molecule has 1 aliphatic heterocycles. The predicted molar refractivity (Wildman–Crippen MR) is 28.2 cm³/mol. The number of Topliss-reactive ketones (excluding diaryl/α,β-unsaturated/α-hetero) is 1. The first kappa shape index (κ1) is 7.92. The highest BCUT2D eigenvalue weighted by atomic mass is 35.5. The van der Waals surface area contributed by atoms with Crippen LogP contribution in [-0.2, 0) is 4.79 Å². The van der Waals surface area contributed by atoms with Gasteiger partial charge in [0.2, 0.25) is 0 Å². The first-order valence-electron chi connectivity index (χ1n) is 2.62. The average molecular weight is 136 g/mol. The molecule has 0 atom stereocenters. The van der Waals surface area contributed by atoms with Crippen LogP contribution in [0, 0.1) is 0 Å². The fourth-order valence-electron chi connectivity index (χ4n) is 0.706. The summed E-state index contributed by atoms with van der Waals surface area (Å²) in [5.74, 6) is 0.402. The fourth-order valence-corrected chi connectivity index (χ4v) is 0.706. The van der Waals surface area contributed by atoms with Crippen molar-refractivity contribution >= 4 is 5.78 Å². The number of rotatable bonds is 0. The van der Waals surface area contributed by atoms with E-state index in [1.807, 2.05) is 0 Å². The molecule has 0 aromatic heterocycles. The largest absolute Gasteiger partial charge is 1.00 e. The molecule has 1 fully saturated rings. The maximum atomic E-state index is 10.4. The fraction of sp³-hybridized carbons (Fsp3) is 0.800. The zero-order valence-corrected chi connectivity index (χ0v) is 5.37. The summed E-state index contributed by atoms with van der Waals surface area (Å²) in [7, 11) is 0. The van der Waals surface area contributed by atoms with Crippen LogP contribution in [0.3, 0.4) is 0 Å². The van der Waals surface area contributed by atoms with E-state index in [9.17, 15) is 4.79 Å². The molecule has 0 bridgehead atoms. The van der Waals surface area contributed by atoms with Gasteiger partial charge in [-0.05, 0) is 0 Å². The Hall–Kier alpha value is -0.0800. The molecular formula is C5H10ClNO. The van der Waals surface area contributed by atoms with Crippen LogP contribution < -0.4 is 17.7 Å². The highest BCUT2D eigenvalue weighted by Crippen LogP contribution is 1.91. The highest BCUT2D eigenvalue weighted by molar-refractivity contribution is 5.79. The molecule has 0 saturated carbocycles. The standard InChI is InChI=1S/C5H9NO.ClH/c7-5-1-3-6-4-2-5;/h6H,1-4H2;1H. The maximum absolute atomic E-state index is 10.4. The van der Waals surface area contributed by atoms with Gasteiger partial charge >= 0.3 is 1.43 Å². The summed E-state index contributed by atoms with van der Waals surface area (Å²) in [6, 6.07) is 0. The topological polar surface area (TPSA) is 29.1 Å². The van der Waals surface area contributed by atoms with Gasteiger partial charge in [-0.15, -0.1) is 0 Å². The lowest BCUT2D eigenvalue weighted by Gasteiger charge is -2.08. The van der Waals surface area contributed by atoms with Gasteiger partial charge in [-0.1, -0.05) is 0 Å². The number of nitrogens with one attached hydrogen (secondary N) is 1. The third-order valence-corrected chi connectivity index (χ3v) is 1.16. The smallest absolute Gasteiger partial charge is 1.00 e. The van der Waals surface area contributed by atoms with Gasteiger partial charge < -0.3 is 17.7 Å². The minimum Gasteiger partial charge on any atom is -1.00 e. The van der Waals surface area contributed by atoms with Crippen LogP contribution in [0.4, 0.5) is 0 Å². The van der Waals surface area contributed by atoms with E-state index in [0.717, 1.165) is 25.9 Å². The van der Waals surface area contributed by atoms with Crippen molar-refractivity contribution < 1.29 is 18.6 Å². The summed E-state index contributed by atoms with van der Waals surface area (Å²) in [6.45, 7) is 1.78. The maximum Gasteiger partial charge on any atom is 1.00 e. The summed E-state index contributed by atoms with van der Waals surface area (Å²) < 4.78 is 0. The number of hydrogen-bond acceptors (Lipinski definition) is 2. The van der Waals surface area contributed by atoms with Crippen molar-refractivity contribution in [1.29, 1.82) is 0 Å². The molecule has 0 amide bonds. The molecule has 1 aliphatic rings. The number of ketones is 1. The lowest BCUT2D eigenvalue weighted by atomic mass is 10.1. The molecule has 0 aromatic rings. The van der Waals surface area contributed by atoms with Crippen LogP contribution in [0.25, 0.3) is 0 Å². The molecule has 1 N–H and O–H groups in total. The molecule has 0 aromatic carbocycles. The van der Waals surface area contributed by atoms with Crippen LogP contribution in [0.5, 0.6) is 0 Å². The Bertz CT molecular complexity index is 81.0. The van der Waals surface area contributed by atoms with Crippen LogP contribution in [-0.4, -0.2) is 18.9 Å². The first-order valence-corrected chi connectivity index (χ1v) is 2.62. The van der Waals surface area contributed by atoms with Gasteiger partial charge in [-0.3, -0.25) is 4.79 Å². The van der Waals surface area contributed by atoms with Crippen LogP contribution in [0.15, 0.2) is 0 Å². The average Bonchev–Trinajstić information content (AvgIpc) is 1.69. The van der Waals surface area contributed by atoms with Crippen LogP contribution >= 0.6 is 0 Å². The number of halogens is 1. The van der Waals surface area contributed by atoms with E-state index in [1.165, 1.54) is 0 Å². The number of piperidine rings is 1. The van der Waals surface area contributed by atoms with Crippen molar-refractivity contribution in [1.82, 2.24) is 5.32 Å². The summed E-state index contributed by atoms with van der Waals surface area (Å²) in [5, 5.41) is 3.09. The van der Waals surface area contributed by atoms with Gasteiger partial charge in [0.05, 0.1) is 0 Å². The Morgan fingerprint density at radius 2 is 1.88 bits per heavy atom. The van der Waals surface area contributed by atoms with Gasteiger partial charge in [0.25, 0.3) is 0 Å². The van der Waals surface area contributed by atoms with Crippen molar-refractivity contribution in [2.45, 2.75) is 12.8 Å². The van der Waals surface area contributed by atoms with Gasteiger partial charge in [0.15, 0.2) is 0 Å². The Morgan fingerprint density at radius 1 is 1.38 bits per heavy atom. The molecule has 3 heteroatoms. The van der Waals surface area contributed by atoms with E-state index in [1.54, 1.807) is 0 Å². The number of hydrogen-bond donors (Lipinski definition) is 1. The monoisotopic (exact) mass is 135 g/mol. The second kappa shape index (κ2) is 3.87. The minimum atomic E-state index is 0. The van der Waals surface area contributed by atoms with Crippen LogP contribution in [0.2, 0.25) is 0 Å². The van der Waals surface area contributed by atoms with Crippen molar-refractivity contribution in [3.05, 3.63) is 0 Å². The van der Waals surface area contributed by atoms with E-state index in [4.69, 9.17) is 0 Å². The zero-order chi connectivity index (χ0) is 5.11. The molecule has 1 rings (SSSR count). The lowest BCUT2D eigenvalue weighted by Crippen LogP contribution is -3.00. The van der Waals surface area contributed by atoms with Gasteiger partial charge in [-0.25, -0.2) is 0 Å². The molecule has 0 radical (unpaired) electrons. The third kappa shape index (κ3) is 2.28. The third-order valence-electron chi connectivity index (χ3n) is 1.16. The van der Waals surface area contributed by atoms with Gasteiger partial charge in [-0.2, -0.15) is 0 Å². The van der Waals surface area contributed by atoms with Gasteiger partial charge in [0, 0.05) is 25.9 Å². The normalized spacial score (nSPS) is 19.8. The van der Waals surface area contributed by atoms with Crippen LogP contribution in [0.1, 0.15) is 14.3 Å². The van der Waals surface area contributed by atoms with E-state index < -0.39 is 0 Å². The summed E-state index contributed by atoms with van der Waals surface area (Å²) in [6.07, 6.45) is 1.47. The van der Waals surface area contributed by atoms with E-state index >= 15 is 0 Å². The van der Waals surface area contributed by atoms with Crippen molar-refractivity contribution in [2.75, 3.05) is 13.1 Å². The number of carbonyl (C=O) groups excluding carboxylic acids is 1. The summed E-state index contributed by atoms with van der Waals surface area (Å²) in [5.41, 5.74) is 0. The minimum absolute atomic E-state index is 0. The van der Waals surface area contributed by atoms with Gasteiger partial charge in [0.1, 0.15) is 5.78 Å². The van der Waals surface area contributed by atoms with E-state index in [0.29, 0.717) is 5.78 Å². The number of carbonyl (C=O) groups is 1. The Morgan fingerprint density at radius 3 is 2.12 bits per heavy atom. The van der Waals surface area contributed by atoms with Crippen molar-refractivity contribution in [2.24, 2.45) is 0 Å². The first-order chi connectivity index (χ1) is 3.39. The van der Waals surface area contributed by atoms with Crippen molar-refractivity contribution in [3.8, 4) is 0 Å². The molecule has 0 spiro atoms. The molecule has 2 nitrogen and oxygen atoms in total. The second-order valence-electron chi connectivity index (χ2n) is 1.79. The molecule has 1 saturated heterocycles. The Labute approximate surface area is 56.5 Å². The zero-order valence-electron chi connectivity index (χ0n) is 5.61.